The van der Waals surface area contributed by atoms with E-state index < -0.39 is 11.6 Å². The smallest absolute Gasteiger partial charge is 0.130 e. The third kappa shape index (κ3) is 2.40. The van der Waals surface area contributed by atoms with Gasteiger partial charge in [0, 0.05) is 37.3 Å². The van der Waals surface area contributed by atoms with Crippen LogP contribution in [0.3, 0.4) is 0 Å². The SMILES string of the molecule is Fc1cccc(F)c1CN1CCC2CCC(C1)N2. The van der Waals surface area contributed by atoms with Gasteiger partial charge in [-0.15, -0.1) is 0 Å². The Morgan fingerprint density at radius 1 is 1.11 bits per heavy atom. The van der Waals surface area contributed by atoms with E-state index in [-0.39, 0.29) is 5.56 Å². The minimum Gasteiger partial charge on any atom is -0.310 e. The summed E-state index contributed by atoms with van der Waals surface area (Å²) in [6.45, 7) is 2.19. The Hall–Kier alpha value is -1.00. The molecule has 0 saturated carbocycles. The van der Waals surface area contributed by atoms with Crippen LogP contribution in [0.4, 0.5) is 8.78 Å². The quantitative estimate of drug-likeness (QED) is 0.868. The number of nitrogens with zero attached hydrogens (tertiary/aromatic N) is 1. The summed E-state index contributed by atoms with van der Waals surface area (Å²) in [6, 6.07) is 5.18. The number of fused-ring (bicyclic) bond motifs is 2. The second-order valence-corrected chi connectivity index (χ2v) is 5.36. The van der Waals surface area contributed by atoms with Crippen LogP contribution in [0.1, 0.15) is 24.8 Å². The molecule has 2 nitrogen and oxygen atoms in total. The number of rotatable bonds is 2. The normalized spacial score (nSPS) is 28.3. The van der Waals surface area contributed by atoms with Crippen LogP contribution in [0.5, 0.6) is 0 Å². The Bertz CT molecular complexity index is 416. The third-order valence-corrected chi connectivity index (χ3v) is 4.05. The molecule has 0 spiro atoms. The van der Waals surface area contributed by atoms with Crippen molar-refractivity contribution >= 4 is 0 Å². The maximum absolute atomic E-state index is 13.6. The van der Waals surface area contributed by atoms with Crippen molar-refractivity contribution in [2.75, 3.05) is 13.1 Å². The number of hydrogen-bond acceptors (Lipinski definition) is 2. The predicted octanol–water partition coefficient (Wildman–Crippen LogP) is 2.29. The molecule has 3 rings (SSSR count). The molecule has 0 aliphatic carbocycles. The first-order valence-corrected chi connectivity index (χ1v) is 6.63. The first-order valence-electron chi connectivity index (χ1n) is 6.63. The lowest BCUT2D eigenvalue weighted by Crippen LogP contribution is -2.35. The molecular weight excluding hydrogens is 234 g/mol. The number of benzene rings is 1. The lowest BCUT2D eigenvalue weighted by Gasteiger charge is -2.24. The largest absolute Gasteiger partial charge is 0.310 e. The van der Waals surface area contributed by atoms with Gasteiger partial charge in [0.1, 0.15) is 11.6 Å². The van der Waals surface area contributed by atoms with Crippen molar-refractivity contribution in [1.82, 2.24) is 10.2 Å². The van der Waals surface area contributed by atoms with Gasteiger partial charge in [0.25, 0.3) is 0 Å². The van der Waals surface area contributed by atoms with E-state index >= 15 is 0 Å². The molecule has 1 aromatic carbocycles. The maximum Gasteiger partial charge on any atom is 0.130 e. The van der Waals surface area contributed by atoms with Crippen LogP contribution in [-0.2, 0) is 6.54 Å². The molecule has 4 heteroatoms. The third-order valence-electron chi connectivity index (χ3n) is 4.05. The van der Waals surface area contributed by atoms with E-state index in [2.05, 4.69) is 10.2 Å². The van der Waals surface area contributed by atoms with Crippen molar-refractivity contribution in [2.45, 2.75) is 37.9 Å². The molecular formula is C14H18F2N2. The van der Waals surface area contributed by atoms with E-state index in [1.165, 1.54) is 31.0 Å². The van der Waals surface area contributed by atoms with E-state index in [9.17, 15) is 8.78 Å². The fraction of sp³-hybridized carbons (Fsp3) is 0.571. The van der Waals surface area contributed by atoms with E-state index in [1.807, 2.05) is 0 Å². The minimum absolute atomic E-state index is 0.204. The van der Waals surface area contributed by atoms with Gasteiger partial charge >= 0.3 is 0 Å². The van der Waals surface area contributed by atoms with Gasteiger partial charge in [-0.1, -0.05) is 6.07 Å². The Balaban J connectivity index is 1.72. The minimum atomic E-state index is -0.433. The molecule has 2 atom stereocenters. The van der Waals surface area contributed by atoms with Gasteiger partial charge < -0.3 is 5.32 Å². The molecule has 0 radical (unpaired) electrons. The average Bonchev–Trinajstić information content (AvgIpc) is 2.67. The van der Waals surface area contributed by atoms with Gasteiger partial charge in [-0.05, 0) is 31.4 Å². The first kappa shape index (κ1) is 12.1. The van der Waals surface area contributed by atoms with Crippen molar-refractivity contribution in [3.8, 4) is 0 Å². The molecule has 2 aliphatic rings. The molecule has 2 aliphatic heterocycles. The van der Waals surface area contributed by atoms with Gasteiger partial charge in [0.05, 0.1) is 0 Å². The van der Waals surface area contributed by atoms with Crippen molar-refractivity contribution < 1.29 is 8.78 Å². The summed E-state index contributed by atoms with van der Waals surface area (Å²) in [6.07, 6.45) is 3.50. The van der Waals surface area contributed by atoms with Crippen LogP contribution in [0.2, 0.25) is 0 Å². The van der Waals surface area contributed by atoms with Gasteiger partial charge in [-0.3, -0.25) is 4.90 Å². The summed E-state index contributed by atoms with van der Waals surface area (Å²) in [5.41, 5.74) is 0.204. The molecule has 2 bridgehead atoms. The lowest BCUT2D eigenvalue weighted by atomic mass is 10.1. The fourth-order valence-electron chi connectivity index (χ4n) is 3.07. The lowest BCUT2D eigenvalue weighted by molar-refractivity contribution is 0.244. The molecule has 0 amide bonds. The highest BCUT2D eigenvalue weighted by atomic mass is 19.1. The molecule has 2 saturated heterocycles. The maximum atomic E-state index is 13.6. The molecule has 98 valence electrons. The van der Waals surface area contributed by atoms with Crippen molar-refractivity contribution in [1.29, 1.82) is 0 Å². The number of halogens is 2. The van der Waals surface area contributed by atoms with Crippen LogP contribution < -0.4 is 5.32 Å². The molecule has 2 unspecified atom stereocenters. The average molecular weight is 252 g/mol. The highest BCUT2D eigenvalue weighted by Crippen LogP contribution is 2.22. The summed E-state index contributed by atoms with van der Waals surface area (Å²) in [5, 5.41) is 3.57. The van der Waals surface area contributed by atoms with E-state index in [0.717, 1.165) is 19.5 Å². The summed E-state index contributed by atoms with van der Waals surface area (Å²) in [4.78, 5) is 2.16. The van der Waals surface area contributed by atoms with Crippen molar-refractivity contribution in [3.05, 3.63) is 35.4 Å². The monoisotopic (exact) mass is 252 g/mol. The van der Waals surface area contributed by atoms with Crippen LogP contribution in [0, 0.1) is 11.6 Å². The summed E-state index contributed by atoms with van der Waals surface area (Å²) >= 11 is 0. The van der Waals surface area contributed by atoms with Crippen LogP contribution in [0.15, 0.2) is 18.2 Å². The highest BCUT2D eigenvalue weighted by Gasteiger charge is 2.29. The van der Waals surface area contributed by atoms with Gasteiger partial charge in [0.15, 0.2) is 0 Å². The van der Waals surface area contributed by atoms with E-state index in [4.69, 9.17) is 0 Å². The van der Waals surface area contributed by atoms with Crippen molar-refractivity contribution in [3.63, 3.8) is 0 Å². The fourth-order valence-corrected chi connectivity index (χ4v) is 3.07. The molecule has 2 heterocycles. The molecule has 18 heavy (non-hydrogen) atoms. The Kier molecular flexibility index (Phi) is 3.31. The Labute approximate surface area is 106 Å². The highest BCUT2D eigenvalue weighted by molar-refractivity contribution is 5.19. The Morgan fingerprint density at radius 3 is 2.61 bits per heavy atom. The van der Waals surface area contributed by atoms with Crippen LogP contribution in [-0.4, -0.2) is 30.1 Å². The Morgan fingerprint density at radius 2 is 1.83 bits per heavy atom. The van der Waals surface area contributed by atoms with E-state index in [0.29, 0.717) is 18.6 Å². The van der Waals surface area contributed by atoms with Gasteiger partial charge in [-0.25, -0.2) is 8.78 Å². The number of nitrogens with one attached hydrogen (secondary N) is 1. The molecule has 2 fully saturated rings. The van der Waals surface area contributed by atoms with Gasteiger partial charge in [-0.2, -0.15) is 0 Å². The molecule has 1 N–H and O–H groups in total. The zero-order chi connectivity index (χ0) is 12.5. The van der Waals surface area contributed by atoms with E-state index in [1.54, 1.807) is 0 Å². The summed E-state index contributed by atoms with van der Waals surface area (Å²) < 4.78 is 27.2. The molecule has 1 aromatic rings. The topological polar surface area (TPSA) is 15.3 Å². The first-order chi connectivity index (χ1) is 8.72. The molecule has 0 aromatic heterocycles. The van der Waals surface area contributed by atoms with Gasteiger partial charge in [0.2, 0.25) is 0 Å². The summed E-state index contributed by atoms with van der Waals surface area (Å²) in [5.74, 6) is -0.866. The van der Waals surface area contributed by atoms with Crippen LogP contribution >= 0.6 is 0 Å². The van der Waals surface area contributed by atoms with Crippen LogP contribution in [0.25, 0.3) is 0 Å². The number of hydrogen-bond donors (Lipinski definition) is 1. The summed E-state index contributed by atoms with van der Waals surface area (Å²) in [7, 11) is 0. The second kappa shape index (κ2) is 4.94. The predicted molar refractivity (Wildman–Crippen MR) is 66.2 cm³/mol. The zero-order valence-corrected chi connectivity index (χ0v) is 10.3. The number of likely N-dealkylation sites (tertiary alicyclic amines) is 1. The standard InChI is InChI=1S/C14H18F2N2/c15-13-2-1-3-14(16)12(13)9-18-7-6-10-4-5-11(8-18)17-10/h1-3,10-11,17H,4-9H2. The second-order valence-electron chi connectivity index (χ2n) is 5.36. The van der Waals surface area contributed by atoms with Crippen molar-refractivity contribution in [2.24, 2.45) is 0 Å². The zero-order valence-electron chi connectivity index (χ0n) is 10.3.